The zero-order chi connectivity index (χ0) is 15.2. The molecule has 2 aromatic rings. The van der Waals surface area contributed by atoms with Crippen molar-refractivity contribution in [3.63, 3.8) is 0 Å². The molecule has 0 saturated heterocycles. The third kappa shape index (κ3) is 5.12. The Hall–Kier alpha value is -2.00. The van der Waals surface area contributed by atoms with E-state index < -0.39 is 6.10 Å². The summed E-state index contributed by atoms with van der Waals surface area (Å²) in [6, 6.07) is 13.8. The van der Waals surface area contributed by atoms with Gasteiger partial charge in [0.25, 0.3) is 0 Å². The quantitative estimate of drug-likeness (QED) is 0.885. The van der Waals surface area contributed by atoms with Gasteiger partial charge in [0.05, 0.1) is 6.10 Å². The van der Waals surface area contributed by atoms with Gasteiger partial charge in [0.1, 0.15) is 11.6 Å². The summed E-state index contributed by atoms with van der Waals surface area (Å²) in [5.41, 5.74) is 2.94. The van der Waals surface area contributed by atoms with Gasteiger partial charge in [-0.15, -0.1) is 0 Å². The van der Waals surface area contributed by atoms with E-state index in [4.69, 9.17) is 0 Å². The highest BCUT2D eigenvalue weighted by Crippen LogP contribution is 2.10. The molecule has 2 nitrogen and oxygen atoms in total. The molecule has 0 heterocycles. The van der Waals surface area contributed by atoms with Crippen LogP contribution in [0.3, 0.4) is 0 Å². The fourth-order valence-corrected chi connectivity index (χ4v) is 2.23. The molecular formula is C18H19FO2. The summed E-state index contributed by atoms with van der Waals surface area (Å²) in [5, 5.41) is 9.95. The number of rotatable bonds is 6. The summed E-state index contributed by atoms with van der Waals surface area (Å²) >= 11 is 0. The van der Waals surface area contributed by atoms with Crippen LogP contribution < -0.4 is 0 Å². The Morgan fingerprint density at radius 3 is 2.24 bits per heavy atom. The Morgan fingerprint density at radius 1 is 1.05 bits per heavy atom. The van der Waals surface area contributed by atoms with Gasteiger partial charge in [0, 0.05) is 12.8 Å². The molecule has 0 fully saturated rings. The second-order valence-electron chi connectivity index (χ2n) is 5.39. The number of Topliss-reactive ketones (excluding diaryl/α,β-unsaturated/α-hetero) is 1. The van der Waals surface area contributed by atoms with Crippen molar-refractivity contribution in [3.05, 3.63) is 71.0 Å². The van der Waals surface area contributed by atoms with Gasteiger partial charge in [-0.25, -0.2) is 4.39 Å². The van der Waals surface area contributed by atoms with Crippen LogP contribution in [0.15, 0.2) is 48.5 Å². The molecule has 0 aliphatic rings. The number of halogens is 1. The minimum absolute atomic E-state index is 0.00784. The SMILES string of the molecule is Cc1ccc(CC(=O)CC(O)Cc2ccc(F)cc2)cc1. The van der Waals surface area contributed by atoms with Crippen molar-refractivity contribution >= 4 is 5.78 Å². The summed E-state index contributed by atoms with van der Waals surface area (Å²) in [4.78, 5) is 11.9. The van der Waals surface area contributed by atoms with E-state index in [0.29, 0.717) is 12.8 Å². The number of hydrogen-bond acceptors (Lipinski definition) is 2. The summed E-state index contributed by atoms with van der Waals surface area (Å²) in [6.07, 6.45) is 0.0831. The third-order valence-corrected chi connectivity index (χ3v) is 3.37. The summed E-state index contributed by atoms with van der Waals surface area (Å²) < 4.78 is 12.8. The van der Waals surface area contributed by atoms with Gasteiger partial charge in [-0.2, -0.15) is 0 Å². The number of ketones is 1. The number of benzene rings is 2. The Labute approximate surface area is 124 Å². The molecule has 0 saturated carbocycles. The summed E-state index contributed by atoms with van der Waals surface area (Å²) in [7, 11) is 0. The van der Waals surface area contributed by atoms with Gasteiger partial charge in [0.15, 0.2) is 0 Å². The highest BCUT2D eigenvalue weighted by atomic mass is 19.1. The standard InChI is InChI=1S/C18H19FO2/c1-13-2-4-14(5-3-13)10-17(20)12-18(21)11-15-6-8-16(19)9-7-15/h2-9,18,21H,10-12H2,1H3. The first kappa shape index (κ1) is 15.4. The Bertz CT molecular complexity index is 588. The number of aliphatic hydroxyl groups excluding tert-OH is 1. The summed E-state index contributed by atoms with van der Waals surface area (Å²) in [5.74, 6) is -0.294. The molecule has 2 rings (SSSR count). The Balaban J connectivity index is 1.84. The van der Waals surface area contributed by atoms with Gasteiger partial charge in [-0.1, -0.05) is 42.0 Å². The van der Waals surface area contributed by atoms with E-state index in [9.17, 15) is 14.3 Å². The van der Waals surface area contributed by atoms with Crippen LogP contribution in [0.2, 0.25) is 0 Å². The molecule has 0 amide bonds. The average molecular weight is 286 g/mol. The van der Waals surface area contributed by atoms with E-state index in [2.05, 4.69) is 0 Å². The molecule has 1 atom stereocenters. The van der Waals surface area contributed by atoms with Gasteiger partial charge in [-0.3, -0.25) is 4.79 Å². The van der Waals surface area contributed by atoms with Crippen molar-refractivity contribution in [1.29, 1.82) is 0 Å². The van der Waals surface area contributed by atoms with E-state index in [1.807, 2.05) is 31.2 Å². The zero-order valence-corrected chi connectivity index (χ0v) is 12.1. The van der Waals surface area contributed by atoms with Crippen molar-refractivity contribution in [2.24, 2.45) is 0 Å². The number of carbonyl (C=O) groups is 1. The van der Waals surface area contributed by atoms with E-state index in [1.165, 1.54) is 12.1 Å². The van der Waals surface area contributed by atoms with Crippen LogP contribution in [0.25, 0.3) is 0 Å². The Morgan fingerprint density at radius 2 is 1.62 bits per heavy atom. The maximum atomic E-state index is 12.8. The minimum atomic E-state index is -0.728. The zero-order valence-electron chi connectivity index (χ0n) is 12.1. The molecule has 0 aromatic heterocycles. The second kappa shape index (κ2) is 7.14. The first-order chi connectivity index (χ1) is 10.0. The molecule has 0 aliphatic carbocycles. The van der Waals surface area contributed by atoms with E-state index >= 15 is 0 Å². The van der Waals surface area contributed by atoms with Gasteiger partial charge in [-0.05, 0) is 36.6 Å². The van der Waals surface area contributed by atoms with Crippen LogP contribution in [0.5, 0.6) is 0 Å². The van der Waals surface area contributed by atoms with Crippen LogP contribution in [-0.2, 0) is 17.6 Å². The predicted molar refractivity (Wildman–Crippen MR) is 80.6 cm³/mol. The van der Waals surface area contributed by atoms with Crippen LogP contribution in [-0.4, -0.2) is 17.0 Å². The Kier molecular flexibility index (Phi) is 5.23. The lowest BCUT2D eigenvalue weighted by atomic mass is 10.00. The molecule has 0 radical (unpaired) electrons. The smallest absolute Gasteiger partial charge is 0.139 e. The molecule has 21 heavy (non-hydrogen) atoms. The second-order valence-corrected chi connectivity index (χ2v) is 5.39. The topological polar surface area (TPSA) is 37.3 Å². The predicted octanol–water partition coefficient (Wildman–Crippen LogP) is 3.24. The number of aryl methyl sites for hydroxylation is 1. The van der Waals surface area contributed by atoms with Crippen LogP contribution >= 0.6 is 0 Å². The highest BCUT2D eigenvalue weighted by Gasteiger charge is 2.12. The van der Waals surface area contributed by atoms with E-state index in [-0.39, 0.29) is 18.0 Å². The van der Waals surface area contributed by atoms with Crippen LogP contribution in [0, 0.1) is 12.7 Å². The number of aliphatic hydroxyl groups is 1. The lowest BCUT2D eigenvalue weighted by molar-refractivity contribution is -0.120. The molecule has 110 valence electrons. The molecule has 1 unspecified atom stereocenters. The number of carbonyl (C=O) groups excluding carboxylic acids is 1. The molecule has 3 heteroatoms. The van der Waals surface area contributed by atoms with Crippen LogP contribution in [0.4, 0.5) is 4.39 Å². The molecular weight excluding hydrogens is 267 g/mol. The van der Waals surface area contributed by atoms with Crippen molar-refractivity contribution in [2.45, 2.75) is 32.3 Å². The van der Waals surface area contributed by atoms with Crippen LogP contribution in [0.1, 0.15) is 23.1 Å². The van der Waals surface area contributed by atoms with Gasteiger partial charge < -0.3 is 5.11 Å². The minimum Gasteiger partial charge on any atom is -0.392 e. The fraction of sp³-hybridized carbons (Fsp3) is 0.278. The normalized spacial score (nSPS) is 12.1. The van der Waals surface area contributed by atoms with Gasteiger partial charge >= 0.3 is 0 Å². The molecule has 0 spiro atoms. The molecule has 2 aromatic carbocycles. The first-order valence-electron chi connectivity index (χ1n) is 7.02. The van der Waals surface area contributed by atoms with Crippen molar-refractivity contribution in [3.8, 4) is 0 Å². The van der Waals surface area contributed by atoms with Crippen molar-refractivity contribution in [1.82, 2.24) is 0 Å². The molecule has 0 bridgehead atoms. The third-order valence-electron chi connectivity index (χ3n) is 3.37. The lowest BCUT2D eigenvalue weighted by Gasteiger charge is -2.10. The largest absolute Gasteiger partial charge is 0.392 e. The average Bonchev–Trinajstić information content (AvgIpc) is 2.44. The molecule has 1 N–H and O–H groups in total. The highest BCUT2D eigenvalue weighted by molar-refractivity contribution is 5.81. The summed E-state index contributed by atoms with van der Waals surface area (Å²) in [6.45, 7) is 2.00. The van der Waals surface area contributed by atoms with Crippen molar-refractivity contribution in [2.75, 3.05) is 0 Å². The fourth-order valence-electron chi connectivity index (χ4n) is 2.23. The monoisotopic (exact) mass is 286 g/mol. The van der Waals surface area contributed by atoms with Crippen molar-refractivity contribution < 1.29 is 14.3 Å². The maximum absolute atomic E-state index is 12.8. The van der Waals surface area contributed by atoms with Gasteiger partial charge in [0.2, 0.25) is 0 Å². The first-order valence-corrected chi connectivity index (χ1v) is 7.02. The van der Waals surface area contributed by atoms with E-state index in [0.717, 1.165) is 16.7 Å². The number of hydrogen-bond donors (Lipinski definition) is 1. The maximum Gasteiger partial charge on any atom is 0.139 e. The lowest BCUT2D eigenvalue weighted by Crippen LogP contribution is -2.17. The van der Waals surface area contributed by atoms with E-state index in [1.54, 1.807) is 12.1 Å². The molecule has 0 aliphatic heterocycles.